The predicted octanol–water partition coefficient (Wildman–Crippen LogP) is 4.19. The molecule has 0 unspecified atom stereocenters. The summed E-state index contributed by atoms with van der Waals surface area (Å²) in [6.45, 7) is 1.44. The van der Waals surface area contributed by atoms with E-state index in [1.54, 1.807) is 59.5 Å². The molecule has 2 N–H and O–H groups in total. The second kappa shape index (κ2) is 8.05. The van der Waals surface area contributed by atoms with Crippen LogP contribution in [0.1, 0.15) is 18.1 Å². The van der Waals surface area contributed by atoms with Crippen molar-refractivity contribution in [2.75, 3.05) is 10.2 Å². The number of amidine groups is 1. The van der Waals surface area contributed by atoms with Crippen molar-refractivity contribution in [3.8, 4) is 5.75 Å². The molecule has 0 atom stereocenters. The van der Waals surface area contributed by atoms with Crippen LogP contribution < -0.4 is 10.2 Å². The molecule has 0 aromatic heterocycles. The quantitative estimate of drug-likeness (QED) is 0.648. The Balaban J connectivity index is 1.74. The van der Waals surface area contributed by atoms with Crippen molar-refractivity contribution in [2.24, 2.45) is 4.99 Å². The van der Waals surface area contributed by atoms with Gasteiger partial charge in [0.1, 0.15) is 17.3 Å². The average molecular weight is 397 g/mol. The highest BCUT2D eigenvalue weighted by molar-refractivity contribution is 6.33. The fourth-order valence-corrected chi connectivity index (χ4v) is 3.16. The van der Waals surface area contributed by atoms with E-state index >= 15 is 0 Å². The van der Waals surface area contributed by atoms with Gasteiger partial charge in [-0.25, -0.2) is 4.99 Å². The van der Waals surface area contributed by atoms with Gasteiger partial charge in [0.2, 0.25) is 5.91 Å². The Morgan fingerprint density at radius 2 is 1.63 bits per heavy atom. The first kappa shape index (κ1) is 19.1. The highest BCUT2D eigenvalue weighted by atomic mass is 16.3. The second-order valence-electron chi connectivity index (χ2n) is 6.79. The van der Waals surface area contributed by atoms with Crippen molar-refractivity contribution < 1.29 is 14.7 Å². The predicted molar refractivity (Wildman–Crippen MR) is 117 cm³/mol. The summed E-state index contributed by atoms with van der Waals surface area (Å²) in [7, 11) is 0. The average Bonchev–Trinajstić information content (AvgIpc) is 3.07. The third-order valence-electron chi connectivity index (χ3n) is 4.53. The Morgan fingerprint density at radius 1 is 0.967 bits per heavy atom. The molecule has 6 nitrogen and oxygen atoms in total. The van der Waals surface area contributed by atoms with E-state index < -0.39 is 0 Å². The Bertz CT molecular complexity index is 1150. The minimum Gasteiger partial charge on any atom is -0.508 e. The number of phenolic OH excluding ortho intramolecular Hbond substituents is 1. The van der Waals surface area contributed by atoms with Crippen LogP contribution in [-0.2, 0) is 9.59 Å². The summed E-state index contributed by atoms with van der Waals surface area (Å²) in [5, 5.41) is 12.2. The van der Waals surface area contributed by atoms with Crippen LogP contribution >= 0.6 is 0 Å². The van der Waals surface area contributed by atoms with Gasteiger partial charge in [0, 0.05) is 18.2 Å². The lowest BCUT2D eigenvalue weighted by molar-refractivity contribution is -0.114. The summed E-state index contributed by atoms with van der Waals surface area (Å²) >= 11 is 0. The number of hydrogen-bond donors (Lipinski definition) is 2. The lowest BCUT2D eigenvalue weighted by atomic mass is 10.1. The largest absolute Gasteiger partial charge is 0.508 e. The summed E-state index contributed by atoms with van der Waals surface area (Å²) in [6, 6.07) is 23.1. The molecule has 6 heteroatoms. The van der Waals surface area contributed by atoms with Crippen LogP contribution in [0.2, 0.25) is 0 Å². The molecule has 1 heterocycles. The molecule has 0 spiro atoms. The molecule has 1 aliphatic rings. The molecule has 30 heavy (non-hydrogen) atoms. The summed E-state index contributed by atoms with van der Waals surface area (Å²) in [5.41, 5.74) is 3.16. The van der Waals surface area contributed by atoms with E-state index in [0.29, 0.717) is 22.9 Å². The number of aliphatic imine (C=N–C) groups is 1. The number of aromatic hydroxyl groups is 1. The summed E-state index contributed by atoms with van der Waals surface area (Å²) in [4.78, 5) is 30.7. The third kappa shape index (κ3) is 3.98. The smallest absolute Gasteiger partial charge is 0.282 e. The highest BCUT2D eigenvalue weighted by Gasteiger charge is 2.32. The number of rotatable bonds is 4. The van der Waals surface area contributed by atoms with E-state index in [1.165, 1.54) is 6.92 Å². The van der Waals surface area contributed by atoms with E-state index in [4.69, 9.17) is 0 Å². The number of nitrogens with zero attached hydrogens (tertiary/aromatic N) is 2. The minimum absolute atomic E-state index is 0.157. The van der Waals surface area contributed by atoms with Crippen LogP contribution in [0.4, 0.5) is 11.4 Å². The number of nitrogens with one attached hydrogen (secondary N) is 1. The van der Waals surface area contributed by atoms with Crippen molar-refractivity contribution >= 4 is 35.1 Å². The van der Waals surface area contributed by atoms with Crippen LogP contribution in [0.25, 0.3) is 6.08 Å². The SMILES string of the molecule is CC(=O)Nc1ccc(N2C(=O)C(=Cc3ccc(O)cc3)N=C2c2ccccc2)cc1. The van der Waals surface area contributed by atoms with E-state index in [1.807, 2.05) is 30.3 Å². The Kier molecular flexibility index (Phi) is 5.13. The molecule has 2 amide bonds. The Hall–Kier alpha value is -4.19. The molecule has 3 aromatic rings. The normalized spacial score (nSPS) is 14.7. The fraction of sp³-hybridized carbons (Fsp3) is 0.0417. The number of anilines is 2. The minimum atomic E-state index is -0.255. The molecule has 0 aliphatic carbocycles. The van der Waals surface area contributed by atoms with Gasteiger partial charge in [-0.2, -0.15) is 0 Å². The zero-order valence-electron chi connectivity index (χ0n) is 16.2. The molecule has 148 valence electrons. The molecule has 4 rings (SSSR count). The van der Waals surface area contributed by atoms with Crippen LogP contribution in [0.15, 0.2) is 89.6 Å². The summed E-state index contributed by atoms with van der Waals surface area (Å²) in [6.07, 6.45) is 1.69. The topological polar surface area (TPSA) is 82.0 Å². The fourth-order valence-electron chi connectivity index (χ4n) is 3.16. The maximum Gasteiger partial charge on any atom is 0.282 e. The molecule has 0 saturated carbocycles. The standard InChI is InChI=1S/C24H19N3O3/c1-16(28)25-19-9-11-20(12-10-19)27-23(18-5-3-2-4-6-18)26-22(24(27)30)15-17-7-13-21(29)14-8-17/h2-15,29H,1H3,(H,25,28). The van der Waals surface area contributed by atoms with Crippen LogP contribution in [0, 0.1) is 0 Å². The van der Waals surface area contributed by atoms with E-state index in [9.17, 15) is 14.7 Å². The first-order valence-electron chi connectivity index (χ1n) is 9.38. The van der Waals surface area contributed by atoms with Gasteiger partial charge in [0.25, 0.3) is 5.91 Å². The van der Waals surface area contributed by atoms with Gasteiger partial charge < -0.3 is 10.4 Å². The third-order valence-corrected chi connectivity index (χ3v) is 4.53. The Labute approximate surface area is 173 Å². The van der Waals surface area contributed by atoms with E-state index in [0.717, 1.165) is 11.1 Å². The van der Waals surface area contributed by atoms with E-state index in [-0.39, 0.29) is 17.6 Å². The molecule has 3 aromatic carbocycles. The van der Waals surface area contributed by atoms with Gasteiger partial charge in [-0.15, -0.1) is 0 Å². The molecule has 1 aliphatic heterocycles. The van der Waals surface area contributed by atoms with Crippen LogP contribution in [0.5, 0.6) is 5.75 Å². The van der Waals surface area contributed by atoms with E-state index in [2.05, 4.69) is 10.3 Å². The number of hydrogen-bond acceptors (Lipinski definition) is 4. The van der Waals surface area contributed by atoms with Gasteiger partial charge in [-0.3, -0.25) is 14.5 Å². The lowest BCUT2D eigenvalue weighted by Gasteiger charge is -2.19. The number of carbonyl (C=O) groups is 2. The molecular formula is C24H19N3O3. The van der Waals surface area contributed by atoms with Gasteiger partial charge in [-0.05, 0) is 48.0 Å². The first-order valence-corrected chi connectivity index (χ1v) is 9.38. The number of benzene rings is 3. The first-order chi connectivity index (χ1) is 14.5. The molecule has 0 fully saturated rings. The van der Waals surface area contributed by atoms with Gasteiger partial charge in [0.15, 0.2) is 0 Å². The zero-order valence-corrected chi connectivity index (χ0v) is 16.2. The maximum atomic E-state index is 13.2. The van der Waals surface area contributed by atoms with Crippen LogP contribution in [0.3, 0.4) is 0 Å². The number of phenols is 1. The monoisotopic (exact) mass is 397 g/mol. The van der Waals surface area contributed by atoms with Gasteiger partial charge >= 0.3 is 0 Å². The molecule has 0 saturated heterocycles. The van der Waals surface area contributed by atoms with Crippen molar-refractivity contribution in [1.82, 2.24) is 0 Å². The summed E-state index contributed by atoms with van der Waals surface area (Å²) in [5.74, 6) is 0.266. The van der Waals surface area contributed by atoms with Gasteiger partial charge in [-0.1, -0.05) is 42.5 Å². The molecule has 0 radical (unpaired) electrons. The van der Waals surface area contributed by atoms with Crippen LogP contribution in [-0.4, -0.2) is 22.8 Å². The zero-order chi connectivity index (χ0) is 21.1. The molecular weight excluding hydrogens is 378 g/mol. The van der Waals surface area contributed by atoms with Gasteiger partial charge in [0.05, 0.1) is 5.69 Å². The number of carbonyl (C=O) groups excluding carboxylic acids is 2. The van der Waals surface area contributed by atoms with Crippen molar-refractivity contribution in [2.45, 2.75) is 6.92 Å². The molecule has 0 bridgehead atoms. The summed E-state index contributed by atoms with van der Waals surface area (Å²) < 4.78 is 0. The highest BCUT2D eigenvalue weighted by Crippen LogP contribution is 2.29. The van der Waals surface area contributed by atoms with Crippen molar-refractivity contribution in [3.05, 3.63) is 95.7 Å². The van der Waals surface area contributed by atoms with Crippen molar-refractivity contribution in [3.63, 3.8) is 0 Å². The number of amides is 2. The Morgan fingerprint density at radius 3 is 2.27 bits per heavy atom. The van der Waals surface area contributed by atoms with Crippen molar-refractivity contribution in [1.29, 1.82) is 0 Å². The maximum absolute atomic E-state index is 13.2. The lowest BCUT2D eigenvalue weighted by Crippen LogP contribution is -2.32. The second-order valence-corrected chi connectivity index (χ2v) is 6.79.